The van der Waals surface area contributed by atoms with Gasteiger partial charge in [0.25, 0.3) is 0 Å². The summed E-state index contributed by atoms with van der Waals surface area (Å²) in [5, 5.41) is 11.2. The molecule has 28 heavy (non-hydrogen) atoms. The second-order valence-corrected chi connectivity index (χ2v) is 7.88. The summed E-state index contributed by atoms with van der Waals surface area (Å²) in [6.07, 6.45) is 6.79. The lowest BCUT2D eigenvalue weighted by atomic mass is 9.70. The Labute approximate surface area is 163 Å². The van der Waals surface area contributed by atoms with Crippen molar-refractivity contribution in [1.29, 1.82) is 0 Å². The van der Waals surface area contributed by atoms with Crippen molar-refractivity contribution in [2.24, 2.45) is 0 Å². The molecule has 0 aliphatic heterocycles. The standard InChI is InChI=1S/C23H24FNO3/c1-23(9-4-3-5-10-23)17-13-18(24)20(14-22(17)27)25-11-8-21(26)16-12-15(28-2)6-7-19(16)25/h6-8,11-14,27H,3-5,9-10H2,1-2H3. The number of benzene rings is 2. The number of hydrogen-bond donors (Lipinski definition) is 1. The van der Waals surface area contributed by atoms with Gasteiger partial charge in [-0.3, -0.25) is 4.79 Å². The third-order valence-electron chi connectivity index (χ3n) is 6.04. The molecule has 5 heteroatoms. The summed E-state index contributed by atoms with van der Waals surface area (Å²) in [6, 6.07) is 9.43. The lowest BCUT2D eigenvalue weighted by Crippen LogP contribution is -2.25. The van der Waals surface area contributed by atoms with Crippen molar-refractivity contribution >= 4 is 10.9 Å². The molecule has 0 saturated heterocycles. The molecule has 1 aliphatic carbocycles. The molecule has 2 aromatic carbocycles. The van der Waals surface area contributed by atoms with Crippen molar-refractivity contribution in [2.75, 3.05) is 7.11 Å². The summed E-state index contributed by atoms with van der Waals surface area (Å²) >= 11 is 0. The predicted octanol–water partition coefficient (Wildman–Crippen LogP) is 5.07. The first kappa shape index (κ1) is 18.5. The minimum atomic E-state index is -0.416. The number of aromatic nitrogens is 1. The van der Waals surface area contributed by atoms with Crippen molar-refractivity contribution in [3.8, 4) is 17.2 Å². The highest BCUT2D eigenvalue weighted by Crippen LogP contribution is 2.43. The van der Waals surface area contributed by atoms with Gasteiger partial charge in [0.05, 0.1) is 18.3 Å². The smallest absolute Gasteiger partial charge is 0.189 e. The minimum absolute atomic E-state index is 0.0983. The second-order valence-electron chi connectivity index (χ2n) is 7.88. The Morgan fingerprint density at radius 1 is 1.11 bits per heavy atom. The van der Waals surface area contributed by atoms with Crippen LogP contribution in [-0.2, 0) is 5.41 Å². The van der Waals surface area contributed by atoms with Crippen LogP contribution in [0.15, 0.2) is 47.4 Å². The molecule has 0 spiro atoms. The Morgan fingerprint density at radius 2 is 1.86 bits per heavy atom. The number of fused-ring (bicyclic) bond motifs is 1. The third-order valence-corrected chi connectivity index (χ3v) is 6.04. The van der Waals surface area contributed by atoms with E-state index in [1.165, 1.54) is 37.9 Å². The van der Waals surface area contributed by atoms with Gasteiger partial charge in [-0.2, -0.15) is 0 Å². The Morgan fingerprint density at radius 3 is 2.57 bits per heavy atom. The van der Waals surface area contributed by atoms with Crippen LogP contribution in [0.3, 0.4) is 0 Å². The normalized spacial score (nSPS) is 16.2. The van der Waals surface area contributed by atoms with Gasteiger partial charge in [0.2, 0.25) is 0 Å². The summed E-state index contributed by atoms with van der Waals surface area (Å²) in [5.41, 5.74) is 1.07. The third kappa shape index (κ3) is 3.05. The van der Waals surface area contributed by atoms with E-state index >= 15 is 4.39 Å². The van der Waals surface area contributed by atoms with Gasteiger partial charge in [0.1, 0.15) is 17.3 Å². The zero-order chi connectivity index (χ0) is 19.9. The van der Waals surface area contributed by atoms with Gasteiger partial charge < -0.3 is 14.4 Å². The maximum Gasteiger partial charge on any atom is 0.189 e. The highest BCUT2D eigenvalue weighted by molar-refractivity contribution is 5.82. The van der Waals surface area contributed by atoms with E-state index in [-0.39, 0.29) is 22.3 Å². The first-order valence-electron chi connectivity index (χ1n) is 9.66. The molecule has 0 unspecified atom stereocenters. The fourth-order valence-electron chi connectivity index (χ4n) is 4.39. The quantitative estimate of drug-likeness (QED) is 0.689. The number of ether oxygens (including phenoxy) is 1. The first-order chi connectivity index (χ1) is 13.4. The lowest BCUT2D eigenvalue weighted by molar-refractivity contribution is 0.307. The molecule has 4 nitrogen and oxygen atoms in total. The van der Waals surface area contributed by atoms with Crippen LogP contribution < -0.4 is 10.2 Å². The number of nitrogens with zero attached hydrogens (tertiary/aromatic N) is 1. The van der Waals surface area contributed by atoms with Crippen LogP contribution in [0.1, 0.15) is 44.6 Å². The van der Waals surface area contributed by atoms with Crippen molar-refractivity contribution in [3.05, 3.63) is 64.2 Å². The van der Waals surface area contributed by atoms with Crippen LogP contribution in [0.25, 0.3) is 16.6 Å². The zero-order valence-corrected chi connectivity index (χ0v) is 16.2. The number of pyridine rings is 1. The van der Waals surface area contributed by atoms with Crippen LogP contribution in [-0.4, -0.2) is 16.8 Å². The molecule has 0 atom stereocenters. The van der Waals surface area contributed by atoms with E-state index < -0.39 is 5.82 Å². The highest BCUT2D eigenvalue weighted by atomic mass is 19.1. The predicted molar refractivity (Wildman–Crippen MR) is 108 cm³/mol. The number of halogens is 1. The number of rotatable bonds is 3. The molecule has 1 aliphatic rings. The van der Waals surface area contributed by atoms with E-state index in [1.807, 2.05) is 0 Å². The van der Waals surface area contributed by atoms with E-state index in [0.29, 0.717) is 22.2 Å². The Bertz CT molecular complexity index is 1100. The van der Waals surface area contributed by atoms with Crippen LogP contribution in [0.2, 0.25) is 0 Å². The summed E-state index contributed by atoms with van der Waals surface area (Å²) in [7, 11) is 1.53. The van der Waals surface area contributed by atoms with E-state index in [0.717, 1.165) is 25.7 Å². The Balaban J connectivity index is 1.88. The molecule has 146 valence electrons. The summed E-state index contributed by atoms with van der Waals surface area (Å²) in [4.78, 5) is 12.3. The summed E-state index contributed by atoms with van der Waals surface area (Å²) in [5.74, 6) is 0.243. The fourth-order valence-corrected chi connectivity index (χ4v) is 4.39. The molecule has 0 bridgehead atoms. The zero-order valence-electron chi connectivity index (χ0n) is 16.2. The van der Waals surface area contributed by atoms with Crippen LogP contribution >= 0.6 is 0 Å². The molecule has 1 heterocycles. The maximum atomic E-state index is 15.2. The Kier molecular flexibility index (Phi) is 4.61. The first-order valence-corrected chi connectivity index (χ1v) is 9.66. The average Bonchev–Trinajstić information content (AvgIpc) is 2.70. The average molecular weight is 381 g/mol. The molecule has 0 radical (unpaired) electrons. The number of phenolic OH excluding ortho intramolecular Hbond substituents is 1. The van der Waals surface area contributed by atoms with Gasteiger partial charge in [0.15, 0.2) is 5.43 Å². The summed E-state index contributed by atoms with van der Waals surface area (Å²) < 4.78 is 22.0. The van der Waals surface area contributed by atoms with Gasteiger partial charge in [-0.25, -0.2) is 4.39 Å². The topological polar surface area (TPSA) is 51.5 Å². The molecule has 0 amide bonds. The molecule has 3 aromatic rings. The fraction of sp³-hybridized carbons (Fsp3) is 0.348. The number of methoxy groups -OCH3 is 1. The van der Waals surface area contributed by atoms with Gasteiger partial charge in [0, 0.05) is 29.3 Å². The number of aromatic hydroxyl groups is 1. The van der Waals surface area contributed by atoms with E-state index in [4.69, 9.17) is 4.74 Å². The monoisotopic (exact) mass is 381 g/mol. The minimum Gasteiger partial charge on any atom is -0.508 e. The van der Waals surface area contributed by atoms with Crippen molar-refractivity contribution in [3.63, 3.8) is 0 Å². The van der Waals surface area contributed by atoms with Crippen LogP contribution in [0, 0.1) is 5.82 Å². The van der Waals surface area contributed by atoms with Gasteiger partial charge >= 0.3 is 0 Å². The number of phenols is 1. The second kappa shape index (κ2) is 6.97. The van der Waals surface area contributed by atoms with E-state index in [9.17, 15) is 9.90 Å². The number of hydrogen-bond acceptors (Lipinski definition) is 3. The summed E-state index contributed by atoms with van der Waals surface area (Å²) in [6.45, 7) is 2.10. The van der Waals surface area contributed by atoms with Crippen LogP contribution in [0.5, 0.6) is 11.5 Å². The molecule has 1 fully saturated rings. The largest absolute Gasteiger partial charge is 0.508 e. The highest BCUT2D eigenvalue weighted by Gasteiger charge is 2.32. The molecule has 4 rings (SSSR count). The molecule has 1 saturated carbocycles. The lowest BCUT2D eigenvalue weighted by Gasteiger charge is -2.34. The SMILES string of the molecule is COc1ccc2c(c1)c(=O)ccn2-c1cc(O)c(C2(C)CCCCC2)cc1F. The van der Waals surface area contributed by atoms with Gasteiger partial charge in [-0.05, 0) is 42.5 Å². The molecule has 1 N–H and O–H groups in total. The van der Waals surface area contributed by atoms with Crippen molar-refractivity contribution in [1.82, 2.24) is 4.57 Å². The Hall–Kier alpha value is -2.82. The maximum absolute atomic E-state index is 15.2. The molecular weight excluding hydrogens is 357 g/mol. The molecular formula is C23H24FNO3. The van der Waals surface area contributed by atoms with E-state index in [2.05, 4.69) is 6.92 Å². The van der Waals surface area contributed by atoms with Crippen LogP contribution in [0.4, 0.5) is 4.39 Å². The van der Waals surface area contributed by atoms with Crippen molar-refractivity contribution in [2.45, 2.75) is 44.4 Å². The van der Waals surface area contributed by atoms with Crippen molar-refractivity contribution < 1.29 is 14.2 Å². The molecule has 1 aromatic heterocycles. The van der Waals surface area contributed by atoms with Gasteiger partial charge in [-0.1, -0.05) is 26.2 Å². The van der Waals surface area contributed by atoms with Gasteiger partial charge in [-0.15, -0.1) is 0 Å². The van der Waals surface area contributed by atoms with E-state index in [1.54, 1.807) is 22.8 Å².